The summed E-state index contributed by atoms with van der Waals surface area (Å²) in [5.74, 6) is 0.612. The average Bonchev–Trinajstić information content (AvgIpc) is 3.26. The lowest BCUT2D eigenvalue weighted by molar-refractivity contribution is 0.179. The highest BCUT2D eigenvalue weighted by atomic mass is 19.1. The zero-order chi connectivity index (χ0) is 16.0. The number of hydrogen-bond donors (Lipinski definition) is 2. The van der Waals surface area contributed by atoms with Crippen LogP contribution >= 0.6 is 0 Å². The molecule has 0 spiro atoms. The fourth-order valence-corrected chi connectivity index (χ4v) is 2.58. The Morgan fingerprint density at radius 1 is 1.45 bits per heavy atom. The standard InChI is InChI=1S/C17H26FN3O/c1-4-19-16(21-13(2)11-22-3)20-12-17(8-9-17)14-6-5-7-15(18)10-14/h5-7,10,13H,4,8-9,11-12H2,1-3H3,(H2,19,20,21). The molecule has 5 heteroatoms. The second-order valence-corrected chi connectivity index (χ2v) is 5.99. The van der Waals surface area contributed by atoms with E-state index in [0.29, 0.717) is 13.2 Å². The van der Waals surface area contributed by atoms with E-state index in [2.05, 4.69) is 17.6 Å². The van der Waals surface area contributed by atoms with E-state index >= 15 is 0 Å². The Morgan fingerprint density at radius 3 is 2.82 bits per heavy atom. The maximum absolute atomic E-state index is 13.4. The minimum absolute atomic E-state index is 0.00887. The summed E-state index contributed by atoms with van der Waals surface area (Å²) in [6.45, 7) is 6.19. The van der Waals surface area contributed by atoms with Crippen molar-refractivity contribution < 1.29 is 9.13 Å². The van der Waals surface area contributed by atoms with Gasteiger partial charge in [-0.25, -0.2) is 4.39 Å². The molecule has 2 rings (SSSR count). The lowest BCUT2D eigenvalue weighted by Crippen LogP contribution is -2.44. The largest absolute Gasteiger partial charge is 0.383 e. The predicted molar refractivity (Wildman–Crippen MR) is 87.8 cm³/mol. The number of ether oxygens (including phenoxy) is 1. The molecule has 4 nitrogen and oxygen atoms in total. The number of hydrogen-bond acceptors (Lipinski definition) is 2. The third-order valence-corrected chi connectivity index (χ3v) is 3.97. The summed E-state index contributed by atoms with van der Waals surface area (Å²) in [5, 5.41) is 6.57. The molecule has 1 aliphatic rings. The summed E-state index contributed by atoms with van der Waals surface area (Å²) in [4.78, 5) is 4.69. The Labute approximate surface area is 132 Å². The Morgan fingerprint density at radius 2 is 2.23 bits per heavy atom. The van der Waals surface area contributed by atoms with Crippen LogP contribution in [0.2, 0.25) is 0 Å². The third kappa shape index (κ3) is 4.44. The van der Waals surface area contributed by atoms with Crippen LogP contribution in [-0.2, 0) is 10.2 Å². The number of methoxy groups -OCH3 is 1. The van der Waals surface area contributed by atoms with Gasteiger partial charge in [0.05, 0.1) is 13.2 Å². The van der Waals surface area contributed by atoms with Gasteiger partial charge < -0.3 is 15.4 Å². The maximum atomic E-state index is 13.4. The van der Waals surface area contributed by atoms with Crippen molar-refractivity contribution in [2.75, 3.05) is 26.8 Å². The molecule has 1 fully saturated rings. The van der Waals surface area contributed by atoms with Gasteiger partial charge in [0.25, 0.3) is 0 Å². The lowest BCUT2D eigenvalue weighted by atomic mass is 9.96. The Kier molecular flexibility index (Phi) is 5.77. The quantitative estimate of drug-likeness (QED) is 0.601. The van der Waals surface area contributed by atoms with Gasteiger partial charge in [-0.2, -0.15) is 0 Å². The van der Waals surface area contributed by atoms with Crippen LogP contribution in [-0.4, -0.2) is 38.8 Å². The molecule has 1 aromatic carbocycles. The molecule has 1 aliphatic carbocycles. The van der Waals surface area contributed by atoms with E-state index in [0.717, 1.165) is 30.9 Å². The van der Waals surface area contributed by atoms with E-state index in [1.54, 1.807) is 19.2 Å². The number of rotatable bonds is 7. The fraction of sp³-hybridized carbons (Fsp3) is 0.588. The predicted octanol–water partition coefficient (Wildman–Crippen LogP) is 2.45. The number of guanidine groups is 1. The van der Waals surface area contributed by atoms with Crippen LogP contribution in [0.5, 0.6) is 0 Å². The van der Waals surface area contributed by atoms with Crippen LogP contribution in [0, 0.1) is 5.82 Å². The van der Waals surface area contributed by atoms with Crippen LogP contribution in [0.3, 0.4) is 0 Å². The van der Waals surface area contributed by atoms with E-state index in [9.17, 15) is 4.39 Å². The normalized spacial score (nSPS) is 17.9. The van der Waals surface area contributed by atoms with Crippen molar-refractivity contribution in [1.29, 1.82) is 0 Å². The summed E-state index contributed by atoms with van der Waals surface area (Å²) in [6, 6.07) is 7.09. The van der Waals surface area contributed by atoms with Crippen LogP contribution in [0.25, 0.3) is 0 Å². The first-order chi connectivity index (χ1) is 10.6. The van der Waals surface area contributed by atoms with Crippen molar-refractivity contribution in [2.24, 2.45) is 4.99 Å². The molecule has 0 aromatic heterocycles. The minimum Gasteiger partial charge on any atom is -0.383 e. The summed E-state index contributed by atoms with van der Waals surface area (Å²) >= 11 is 0. The summed E-state index contributed by atoms with van der Waals surface area (Å²) < 4.78 is 18.6. The van der Waals surface area contributed by atoms with Crippen molar-refractivity contribution in [3.63, 3.8) is 0 Å². The van der Waals surface area contributed by atoms with Crippen molar-refractivity contribution in [3.8, 4) is 0 Å². The zero-order valence-corrected chi connectivity index (χ0v) is 13.7. The molecule has 122 valence electrons. The maximum Gasteiger partial charge on any atom is 0.191 e. The molecule has 1 atom stereocenters. The van der Waals surface area contributed by atoms with Crippen LogP contribution in [0.1, 0.15) is 32.3 Å². The molecule has 2 N–H and O–H groups in total. The lowest BCUT2D eigenvalue weighted by Gasteiger charge is -2.19. The van der Waals surface area contributed by atoms with Crippen molar-refractivity contribution in [3.05, 3.63) is 35.6 Å². The second kappa shape index (κ2) is 7.58. The molecule has 0 heterocycles. The molecule has 22 heavy (non-hydrogen) atoms. The Hall–Kier alpha value is -1.62. The molecule has 1 aromatic rings. The molecule has 0 aliphatic heterocycles. The van der Waals surface area contributed by atoms with Gasteiger partial charge in [0.15, 0.2) is 5.96 Å². The van der Waals surface area contributed by atoms with Crippen LogP contribution < -0.4 is 10.6 Å². The highest BCUT2D eigenvalue weighted by molar-refractivity contribution is 5.80. The number of benzene rings is 1. The van der Waals surface area contributed by atoms with E-state index in [1.807, 2.05) is 13.0 Å². The van der Waals surface area contributed by atoms with Crippen LogP contribution in [0.4, 0.5) is 4.39 Å². The SMILES string of the molecule is CCNC(=NCC1(c2cccc(F)c2)CC1)NC(C)COC. The van der Waals surface area contributed by atoms with Crippen LogP contribution in [0.15, 0.2) is 29.3 Å². The zero-order valence-electron chi connectivity index (χ0n) is 13.7. The van der Waals surface area contributed by atoms with Crippen molar-refractivity contribution in [2.45, 2.75) is 38.1 Å². The molecule has 0 saturated heterocycles. The Balaban J connectivity index is 2.03. The van der Waals surface area contributed by atoms with Gasteiger partial charge in [-0.15, -0.1) is 0 Å². The highest BCUT2D eigenvalue weighted by Crippen LogP contribution is 2.48. The summed E-state index contributed by atoms with van der Waals surface area (Å²) in [6.07, 6.45) is 2.12. The van der Waals surface area contributed by atoms with Crippen molar-refractivity contribution >= 4 is 5.96 Å². The van der Waals surface area contributed by atoms with E-state index < -0.39 is 0 Å². The number of nitrogens with one attached hydrogen (secondary N) is 2. The molecular weight excluding hydrogens is 281 g/mol. The van der Waals surface area contributed by atoms with Gasteiger partial charge >= 0.3 is 0 Å². The van der Waals surface area contributed by atoms with Gasteiger partial charge in [0, 0.05) is 25.1 Å². The second-order valence-electron chi connectivity index (χ2n) is 5.99. The van der Waals surface area contributed by atoms with E-state index in [1.165, 1.54) is 6.07 Å². The molecule has 1 saturated carbocycles. The van der Waals surface area contributed by atoms with Gasteiger partial charge in [-0.1, -0.05) is 12.1 Å². The van der Waals surface area contributed by atoms with E-state index in [4.69, 9.17) is 9.73 Å². The molecule has 0 amide bonds. The molecule has 1 unspecified atom stereocenters. The third-order valence-electron chi connectivity index (χ3n) is 3.97. The molecule has 0 bridgehead atoms. The van der Waals surface area contributed by atoms with Crippen molar-refractivity contribution in [1.82, 2.24) is 10.6 Å². The number of nitrogens with zero attached hydrogens (tertiary/aromatic N) is 1. The van der Waals surface area contributed by atoms with Gasteiger partial charge in [0.1, 0.15) is 5.82 Å². The summed E-state index contributed by atoms with van der Waals surface area (Å²) in [7, 11) is 1.69. The van der Waals surface area contributed by atoms with Gasteiger partial charge in [-0.3, -0.25) is 4.99 Å². The molecular formula is C17H26FN3O. The number of aliphatic imine (C=N–C) groups is 1. The topological polar surface area (TPSA) is 45.7 Å². The first-order valence-electron chi connectivity index (χ1n) is 7.89. The Bertz CT molecular complexity index is 514. The highest BCUT2D eigenvalue weighted by Gasteiger charge is 2.44. The van der Waals surface area contributed by atoms with Gasteiger partial charge in [0.2, 0.25) is 0 Å². The summed E-state index contributed by atoms with van der Waals surface area (Å²) in [5.41, 5.74) is 1.06. The van der Waals surface area contributed by atoms with Gasteiger partial charge in [-0.05, 0) is 44.4 Å². The average molecular weight is 307 g/mol. The smallest absolute Gasteiger partial charge is 0.191 e. The first-order valence-corrected chi connectivity index (χ1v) is 7.89. The first kappa shape index (κ1) is 16.7. The monoisotopic (exact) mass is 307 g/mol. The fourth-order valence-electron chi connectivity index (χ4n) is 2.58. The number of halogens is 1. The minimum atomic E-state index is -0.175. The molecule has 0 radical (unpaired) electrons. The van der Waals surface area contributed by atoms with E-state index in [-0.39, 0.29) is 17.3 Å².